The van der Waals surface area contributed by atoms with Crippen LogP contribution in [0, 0.1) is 0 Å². The molecule has 0 aliphatic carbocycles. The predicted octanol–water partition coefficient (Wildman–Crippen LogP) is -0.0655. The number of rotatable bonds is 8. The van der Waals surface area contributed by atoms with Crippen molar-refractivity contribution in [2.45, 2.75) is 11.3 Å². The van der Waals surface area contributed by atoms with Crippen LogP contribution in [0.5, 0.6) is 0 Å². The van der Waals surface area contributed by atoms with Gasteiger partial charge in [0.1, 0.15) is 0 Å². The minimum atomic E-state index is -3.57. The molecular weight excluding hydrogens is 336 g/mol. The summed E-state index contributed by atoms with van der Waals surface area (Å²) in [6, 6.07) is 5.50. The molecule has 0 heterocycles. The second-order valence-corrected chi connectivity index (χ2v) is 7.31. The average molecular weight is 358 g/mol. The van der Waals surface area contributed by atoms with Crippen LogP contribution in [0.25, 0.3) is 0 Å². The quantitative estimate of drug-likeness (QED) is 0.653. The molecule has 0 atom stereocenters. The molecule has 0 spiro atoms. The van der Waals surface area contributed by atoms with Crippen molar-refractivity contribution in [3.63, 3.8) is 0 Å². The minimum absolute atomic E-state index is 0.00926. The van der Waals surface area contributed by atoms with Gasteiger partial charge in [0, 0.05) is 32.7 Å². The third kappa shape index (κ3) is 5.02. The lowest BCUT2D eigenvalue weighted by Crippen LogP contribution is -2.35. The predicted molar refractivity (Wildman–Crippen MR) is 86.9 cm³/mol. The Kier molecular flexibility index (Phi) is 7.33. The van der Waals surface area contributed by atoms with Gasteiger partial charge < -0.3 is 14.7 Å². The number of hydrogen-bond acceptors (Lipinski definition) is 6. The number of nitrogens with zero attached hydrogens (tertiary/aromatic N) is 2. The molecule has 0 aromatic heterocycles. The van der Waals surface area contributed by atoms with Gasteiger partial charge in [-0.3, -0.25) is 9.59 Å². The van der Waals surface area contributed by atoms with Crippen molar-refractivity contribution >= 4 is 21.9 Å². The van der Waals surface area contributed by atoms with Crippen LogP contribution in [0.3, 0.4) is 0 Å². The zero-order chi connectivity index (χ0) is 18.3. The molecule has 1 N–H and O–H groups in total. The molecule has 24 heavy (non-hydrogen) atoms. The van der Waals surface area contributed by atoms with Crippen LogP contribution in [0.15, 0.2) is 29.2 Å². The van der Waals surface area contributed by atoms with E-state index in [1.807, 2.05) is 0 Å². The highest BCUT2D eigenvalue weighted by molar-refractivity contribution is 7.89. The van der Waals surface area contributed by atoms with Gasteiger partial charge in [-0.1, -0.05) is 0 Å². The summed E-state index contributed by atoms with van der Waals surface area (Å²) in [6.07, 6.45) is 0.00926. The van der Waals surface area contributed by atoms with Crippen molar-refractivity contribution in [1.82, 2.24) is 9.21 Å². The van der Waals surface area contributed by atoms with E-state index in [0.29, 0.717) is 0 Å². The van der Waals surface area contributed by atoms with Gasteiger partial charge in [0.15, 0.2) is 0 Å². The lowest BCUT2D eigenvalue weighted by atomic mass is 10.2. The van der Waals surface area contributed by atoms with Crippen LogP contribution in [-0.2, 0) is 19.6 Å². The summed E-state index contributed by atoms with van der Waals surface area (Å²) in [5, 5.41) is 9.07. The van der Waals surface area contributed by atoms with E-state index in [-0.39, 0.29) is 36.6 Å². The van der Waals surface area contributed by atoms with Crippen molar-refractivity contribution < 1.29 is 27.9 Å². The first-order chi connectivity index (χ1) is 11.2. The lowest BCUT2D eigenvalue weighted by Gasteiger charge is -2.21. The van der Waals surface area contributed by atoms with Gasteiger partial charge in [0.25, 0.3) is 5.91 Å². The number of amides is 1. The zero-order valence-corrected chi connectivity index (χ0v) is 14.7. The first-order valence-corrected chi connectivity index (χ1v) is 8.67. The Morgan fingerprint density at radius 3 is 2.17 bits per heavy atom. The highest BCUT2D eigenvalue weighted by Gasteiger charge is 2.20. The Bertz CT molecular complexity index is 670. The monoisotopic (exact) mass is 358 g/mol. The molecular formula is C15H22N2O6S. The number of hydrogen-bond donors (Lipinski definition) is 1. The van der Waals surface area contributed by atoms with E-state index in [9.17, 15) is 18.0 Å². The number of esters is 1. The Hall–Kier alpha value is -1.97. The van der Waals surface area contributed by atoms with Gasteiger partial charge in [-0.15, -0.1) is 0 Å². The molecule has 1 aromatic rings. The number of benzene rings is 1. The molecule has 0 saturated carbocycles. The molecule has 1 aromatic carbocycles. The Labute approximate surface area is 141 Å². The summed E-state index contributed by atoms with van der Waals surface area (Å²) in [5.41, 5.74) is 0.269. The molecule has 0 radical (unpaired) electrons. The van der Waals surface area contributed by atoms with Crippen LogP contribution < -0.4 is 0 Å². The molecule has 9 heteroatoms. The smallest absolute Gasteiger partial charge is 0.307 e. The number of aliphatic hydroxyl groups excluding tert-OH is 1. The van der Waals surface area contributed by atoms with E-state index in [1.165, 1.54) is 50.4 Å². The van der Waals surface area contributed by atoms with Gasteiger partial charge in [0.05, 0.1) is 25.0 Å². The van der Waals surface area contributed by atoms with Crippen LogP contribution >= 0.6 is 0 Å². The molecule has 0 saturated heterocycles. The summed E-state index contributed by atoms with van der Waals surface area (Å²) in [7, 11) is 0.529. The molecule has 8 nitrogen and oxygen atoms in total. The number of ether oxygens (including phenoxy) is 1. The first kappa shape index (κ1) is 20.1. The van der Waals surface area contributed by atoms with Crippen LogP contribution in [0.2, 0.25) is 0 Å². The van der Waals surface area contributed by atoms with E-state index in [1.54, 1.807) is 0 Å². The van der Waals surface area contributed by atoms with Gasteiger partial charge in [-0.2, -0.15) is 0 Å². The largest absolute Gasteiger partial charge is 0.469 e. The molecule has 1 rings (SSSR count). The fourth-order valence-electron chi connectivity index (χ4n) is 1.93. The average Bonchev–Trinajstić information content (AvgIpc) is 2.57. The molecule has 134 valence electrons. The minimum Gasteiger partial charge on any atom is -0.469 e. The molecule has 1 amide bonds. The summed E-state index contributed by atoms with van der Waals surface area (Å²) in [6.45, 7) is -0.0859. The molecule has 0 fully saturated rings. The third-order valence-corrected chi connectivity index (χ3v) is 5.18. The maximum Gasteiger partial charge on any atom is 0.307 e. The maximum atomic E-state index is 12.4. The van der Waals surface area contributed by atoms with E-state index < -0.39 is 21.9 Å². The van der Waals surface area contributed by atoms with E-state index in [4.69, 9.17) is 5.11 Å². The maximum absolute atomic E-state index is 12.4. The van der Waals surface area contributed by atoms with Gasteiger partial charge in [0.2, 0.25) is 10.0 Å². The summed E-state index contributed by atoms with van der Waals surface area (Å²) in [4.78, 5) is 25.0. The second-order valence-electron chi connectivity index (χ2n) is 5.15. The summed E-state index contributed by atoms with van der Waals surface area (Å²) >= 11 is 0. The van der Waals surface area contributed by atoms with E-state index >= 15 is 0 Å². The number of carbonyl (C=O) groups excluding carboxylic acids is 2. The van der Waals surface area contributed by atoms with Gasteiger partial charge in [-0.25, -0.2) is 12.7 Å². The zero-order valence-electron chi connectivity index (χ0n) is 13.9. The van der Waals surface area contributed by atoms with Crippen LogP contribution in [0.4, 0.5) is 0 Å². The first-order valence-electron chi connectivity index (χ1n) is 7.23. The van der Waals surface area contributed by atoms with Crippen molar-refractivity contribution in [3.8, 4) is 0 Å². The molecule has 0 unspecified atom stereocenters. The fraction of sp³-hybridized carbons (Fsp3) is 0.467. The SMILES string of the molecule is COC(=O)CCN(CCO)C(=O)c1ccc(S(=O)(=O)N(C)C)cc1. The van der Waals surface area contributed by atoms with Crippen LogP contribution in [0.1, 0.15) is 16.8 Å². The van der Waals surface area contributed by atoms with Crippen molar-refractivity contribution in [1.29, 1.82) is 0 Å². The number of aliphatic hydroxyl groups is 1. The van der Waals surface area contributed by atoms with Crippen molar-refractivity contribution in [3.05, 3.63) is 29.8 Å². The molecule has 0 bridgehead atoms. The Balaban J connectivity index is 2.93. The van der Waals surface area contributed by atoms with E-state index in [2.05, 4.69) is 4.74 Å². The van der Waals surface area contributed by atoms with Crippen molar-refractivity contribution in [2.24, 2.45) is 0 Å². The number of methoxy groups -OCH3 is 1. The lowest BCUT2D eigenvalue weighted by molar-refractivity contribution is -0.140. The summed E-state index contributed by atoms with van der Waals surface area (Å²) in [5.74, 6) is -0.861. The highest BCUT2D eigenvalue weighted by Crippen LogP contribution is 2.15. The Morgan fingerprint density at radius 1 is 1.12 bits per heavy atom. The standard InChI is InChI=1S/C15H22N2O6S/c1-16(2)24(21,22)13-6-4-12(5-7-13)15(20)17(10-11-18)9-8-14(19)23-3/h4-7,18H,8-11H2,1-3H3. The van der Waals surface area contributed by atoms with Crippen LogP contribution in [-0.4, -0.2) is 75.5 Å². The van der Waals surface area contributed by atoms with Gasteiger partial charge in [-0.05, 0) is 24.3 Å². The normalized spacial score (nSPS) is 11.4. The highest BCUT2D eigenvalue weighted by atomic mass is 32.2. The van der Waals surface area contributed by atoms with Crippen molar-refractivity contribution in [2.75, 3.05) is 40.9 Å². The number of carbonyl (C=O) groups is 2. The topological polar surface area (TPSA) is 104 Å². The second kappa shape index (κ2) is 8.76. The third-order valence-electron chi connectivity index (χ3n) is 3.35. The summed E-state index contributed by atoms with van der Waals surface area (Å²) < 4.78 is 29.6. The van der Waals surface area contributed by atoms with Gasteiger partial charge >= 0.3 is 5.97 Å². The molecule has 0 aliphatic heterocycles. The number of sulfonamides is 1. The Morgan fingerprint density at radius 2 is 1.71 bits per heavy atom. The molecule has 0 aliphatic rings. The van der Waals surface area contributed by atoms with E-state index in [0.717, 1.165) is 4.31 Å². The fourth-order valence-corrected chi connectivity index (χ4v) is 2.83.